The van der Waals surface area contributed by atoms with E-state index in [4.69, 9.17) is 0 Å². The predicted molar refractivity (Wildman–Crippen MR) is 216 cm³/mol. The highest BCUT2D eigenvalue weighted by molar-refractivity contribution is 6.10. The maximum absolute atomic E-state index is 9.72. The molecule has 0 saturated heterocycles. The Morgan fingerprint density at radius 1 is 0.415 bits per heavy atom. The van der Waals surface area contributed by atoms with Crippen LogP contribution in [-0.4, -0.2) is 4.57 Å². The fraction of sp³-hybridized carbons (Fsp3) is 0.0200. The first kappa shape index (κ1) is 29.6. The molecule has 1 aromatic heterocycles. The van der Waals surface area contributed by atoms with Gasteiger partial charge in [0, 0.05) is 33.5 Å². The Hall–Kier alpha value is -7.15. The third-order valence-corrected chi connectivity index (χ3v) is 11.4. The lowest BCUT2D eigenvalue weighted by molar-refractivity contribution is 0.793. The van der Waals surface area contributed by atoms with E-state index in [2.05, 4.69) is 191 Å². The van der Waals surface area contributed by atoms with E-state index in [-0.39, 0.29) is 0 Å². The molecule has 0 atom stereocenters. The van der Waals surface area contributed by atoms with Gasteiger partial charge in [0.1, 0.15) is 0 Å². The van der Waals surface area contributed by atoms with Gasteiger partial charge in [0.25, 0.3) is 0 Å². The average Bonchev–Trinajstić information content (AvgIpc) is 3.83. The molecule has 0 saturated carbocycles. The standard InChI is InChI=1S/C50H31N3/c51-32-33-22-24-35(25-23-33)52(36-27-29-49-43(30-36)42-17-7-11-21-48(42)53(49)34-12-2-1-3-13-34)37-26-28-41-40-16-6-10-20-46(40)50(47(41)31-37)44-18-8-4-14-38(44)39-15-5-9-19-45(39)50/h1-31H. The number of nitriles is 1. The van der Waals surface area contributed by atoms with E-state index in [9.17, 15) is 5.26 Å². The zero-order valence-electron chi connectivity index (χ0n) is 28.7. The van der Waals surface area contributed by atoms with E-state index in [0.717, 1.165) is 28.3 Å². The highest BCUT2D eigenvalue weighted by Crippen LogP contribution is 2.63. The van der Waals surface area contributed by atoms with Crippen molar-refractivity contribution in [2.75, 3.05) is 4.90 Å². The van der Waals surface area contributed by atoms with Crippen LogP contribution in [0.4, 0.5) is 17.1 Å². The first-order valence-corrected chi connectivity index (χ1v) is 18.1. The van der Waals surface area contributed by atoms with Crippen molar-refractivity contribution in [2.45, 2.75) is 5.41 Å². The normalized spacial score (nSPS) is 13.0. The van der Waals surface area contributed by atoms with Gasteiger partial charge < -0.3 is 9.47 Å². The van der Waals surface area contributed by atoms with E-state index < -0.39 is 5.41 Å². The summed E-state index contributed by atoms with van der Waals surface area (Å²) < 4.78 is 2.35. The lowest BCUT2D eigenvalue weighted by atomic mass is 9.70. The Kier molecular flexibility index (Phi) is 6.23. The highest BCUT2D eigenvalue weighted by atomic mass is 15.1. The summed E-state index contributed by atoms with van der Waals surface area (Å²) in [6.07, 6.45) is 0. The Morgan fingerprint density at radius 2 is 0.925 bits per heavy atom. The van der Waals surface area contributed by atoms with E-state index >= 15 is 0 Å². The van der Waals surface area contributed by atoms with Crippen molar-refractivity contribution in [3.8, 4) is 34.0 Å². The van der Waals surface area contributed by atoms with Gasteiger partial charge in [0.2, 0.25) is 0 Å². The van der Waals surface area contributed by atoms with Gasteiger partial charge in [-0.25, -0.2) is 0 Å². The van der Waals surface area contributed by atoms with Crippen LogP contribution >= 0.6 is 0 Å². The summed E-state index contributed by atoms with van der Waals surface area (Å²) in [5.74, 6) is 0. The maximum Gasteiger partial charge on any atom is 0.0991 e. The Bertz CT molecular complexity index is 2900. The molecule has 0 fully saturated rings. The molecule has 0 bridgehead atoms. The van der Waals surface area contributed by atoms with Crippen molar-refractivity contribution in [1.29, 1.82) is 5.26 Å². The van der Waals surface area contributed by atoms with Gasteiger partial charge in [-0.05, 0) is 117 Å². The molecule has 3 heteroatoms. The van der Waals surface area contributed by atoms with Gasteiger partial charge in [-0.1, -0.05) is 115 Å². The molecule has 0 aliphatic heterocycles. The average molecular weight is 674 g/mol. The van der Waals surface area contributed by atoms with E-state index in [1.807, 2.05) is 12.1 Å². The van der Waals surface area contributed by atoms with Crippen LogP contribution in [0.5, 0.6) is 0 Å². The lowest BCUT2D eigenvalue weighted by Crippen LogP contribution is -2.26. The maximum atomic E-state index is 9.72. The lowest BCUT2D eigenvalue weighted by Gasteiger charge is -2.32. The van der Waals surface area contributed by atoms with Crippen LogP contribution in [0.1, 0.15) is 27.8 Å². The fourth-order valence-electron chi connectivity index (χ4n) is 9.31. The summed E-state index contributed by atoms with van der Waals surface area (Å²) >= 11 is 0. The van der Waals surface area contributed by atoms with Crippen LogP contribution < -0.4 is 4.90 Å². The third-order valence-electron chi connectivity index (χ3n) is 11.4. The largest absolute Gasteiger partial charge is 0.310 e. The molecule has 0 amide bonds. The number of para-hydroxylation sites is 2. The molecule has 9 aromatic rings. The van der Waals surface area contributed by atoms with E-state index in [0.29, 0.717) is 5.56 Å². The molecule has 11 rings (SSSR count). The summed E-state index contributed by atoms with van der Waals surface area (Å²) in [6, 6.07) is 70.1. The molecule has 2 aliphatic carbocycles. The van der Waals surface area contributed by atoms with Crippen molar-refractivity contribution in [3.63, 3.8) is 0 Å². The monoisotopic (exact) mass is 673 g/mol. The molecule has 1 heterocycles. The van der Waals surface area contributed by atoms with Crippen LogP contribution in [0, 0.1) is 11.3 Å². The zero-order chi connectivity index (χ0) is 35.1. The summed E-state index contributed by atoms with van der Waals surface area (Å²) in [4.78, 5) is 2.35. The minimum Gasteiger partial charge on any atom is -0.310 e. The van der Waals surface area contributed by atoms with E-state index in [1.54, 1.807) is 0 Å². The van der Waals surface area contributed by atoms with Crippen molar-refractivity contribution in [1.82, 2.24) is 4.57 Å². The molecule has 0 radical (unpaired) electrons. The van der Waals surface area contributed by atoms with Crippen LogP contribution in [0.2, 0.25) is 0 Å². The Morgan fingerprint density at radius 3 is 1.58 bits per heavy atom. The first-order chi connectivity index (χ1) is 26.3. The SMILES string of the molecule is N#Cc1ccc(N(c2ccc3c(c2)C2(c4ccccc4-c4ccccc42)c2ccccc2-3)c2ccc3c(c2)c2ccccc2n3-c2ccccc2)cc1. The number of rotatable bonds is 4. The molecule has 0 unspecified atom stereocenters. The molecular weight excluding hydrogens is 643 g/mol. The highest BCUT2D eigenvalue weighted by Gasteiger charge is 2.51. The minimum atomic E-state index is -0.446. The summed E-state index contributed by atoms with van der Waals surface area (Å²) in [5.41, 5.74) is 17.1. The number of fused-ring (bicyclic) bond motifs is 13. The topological polar surface area (TPSA) is 32.0 Å². The molecule has 246 valence electrons. The van der Waals surface area contributed by atoms with E-state index in [1.165, 1.54) is 60.8 Å². The third kappa shape index (κ3) is 4.04. The molecule has 1 spiro atoms. The van der Waals surface area contributed by atoms with Crippen LogP contribution in [0.3, 0.4) is 0 Å². The van der Waals surface area contributed by atoms with Crippen molar-refractivity contribution in [2.24, 2.45) is 0 Å². The Balaban J connectivity index is 1.18. The second-order valence-corrected chi connectivity index (χ2v) is 14.0. The molecule has 53 heavy (non-hydrogen) atoms. The summed E-state index contributed by atoms with van der Waals surface area (Å²) in [5, 5.41) is 12.1. The van der Waals surface area contributed by atoms with Crippen molar-refractivity contribution in [3.05, 3.63) is 216 Å². The van der Waals surface area contributed by atoms with Crippen LogP contribution in [-0.2, 0) is 5.41 Å². The quantitative estimate of drug-likeness (QED) is 0.186. The van der Waals surface area contributed by atoms with Crippen molar-refractivity contribution >= 4 is 38.9 Å². The van der Waals surface area contributed by atoms with Crippen molar-refractivity contribution < 1.29 is 0 Å². The first-order valence-electron chi connectivity index (χ1n) is 18.1. The van der Waals surface area contributed by atoms with Gasteiger partial charge in [0.05, 0.1) is 28.1 Å². The number of anilines is 3. The number of aromatic nitrogens is 1. The van der Waals surface area contributed by atoms with Crippen LogP contribution in [0.25, 0.3) is 49.7 Å². The number of hydrogen-bond acceptors (Lipinski definition) is 2. The smallest absolute Gasteiger partial charge is 0.0991 e. The Labute approximate surface area is 307 Å². The van der Waals surface area contributed by atoms with Gasteiger partial charge in [-0.15, -0.1) is 0 Å². The van der Waals surface area contributed by atoms with Gasteiger partial charge >= 0.3 is 0 Å². The number of hydrogen-bond donors (Lipinski definition) is 0. The second kappa shape index (κ2) is 11.2. The molecule has 0 N–H and O–H groups in total. The molecule has 3 nitrogen and oxygen atoms in total. The molecule has 8 aromatic carbocycles. The molecular formula is C50H31N3. The number of nitrogens with zero attached hydrogens (tertiary/aromatic N) is 3. The van der Waals surface area contributed by atoms with Gasteiger partial charge in [-0.2, -0.15) is 5.26 Å². The van der Waals surface area contributed by atoms with Gasteiger partial charge in [-0.3, -0.25) is 0 Å². The summed E-state index contributed by atoms with van der Waals surface area (Å²) in [7, 11) is 0. The molecule has 2 aliphatic rings. The second-order valence-electron chi connectivity index (χ2n) is 14.0. The number of benzene rings is 8. The minimum absolute atomic E-state index is 0.446. The van der Waals surface area contributed by atoms with Crippen LogP contribution in [0.15, 0.2) is 188 Å². The summed E-state index contributed by atoms with van der Waals surface area (Å²) in [6.45, 7) is 0. The van der Waals surface area contributed by atoms with Gasteiger partial charge in [0.15, 0.2) is 0 Å². The zero-order valence-corrected chi connectivity index (χ0v) is 28.7. The fourth-order valence-corrected chi connectivity index (χ4v) is 9.31. The predicted octanol–water partition coefficient (Wildman–Crippen LogP) is 12.5.